The first kappa shape index (κ1) is 14.7. The Morgan fingerprint density at radius 1 is 1.20 bits per heavy atom. The lowest BCUT2D eigenvalue weighted by molar-refractivity contribution is 0.471. The number of nitrogens with two attached hydrogens (primary N) is 1. The van der Waals surface area contributed by atoms with Crippen LogP contribution in [-0.4, -0.2) is 13.5 Å². The first-order valence-corrected chi connectivity index (χ1v) is 7.95. The number of aromatic hydroxyl groups is 1. The van der Waals surface area contributed by atoms with Crippen molar-refractivity contribution in [2.45, 2.75) is 11.8 Å². The Morgan fingerprint density at radius 2 is 1.90 bits per heavy atom. The predicted octanol–water partition coefficient (Wildman–Crippen LogP) is 2.85. The van der Waals surface area contributed by atoms with Crippen molar-refractivity contribution in [3.63, 3.8) is 0 Å². The molecule has 7 heteroatoms. The summed E-state index contributed by atoms with van der Waals surface area (Å²) in [4.78, 5) is -0.0132. The average molecular weight is 357 g/mol. The van der Waals surface area contributed by atoms with Crippen molar-refractivity contribution >= 4 is 37.3 Å². The maximum absolute atomic E-state index is 12.2. The van der Waals surface area contributed by atoms with Gasteiger partial charge in [0.2, 0.25) is 0 Å². The Bertz CT molecular complexity index is 760. The van der Waals surface area contributed by atoms with E-state index in [1.807, 2.05) is 0 Å². The van der Waals surface area contributed by atoms with Gasteiger partial charge in [0.1, 0.15) is 10.6 Å². The zero-order valence-corrected chi connectivity index (χ0v) is 13.0. The lowest BCUT2D eigenvalue weighted by atomic mass is 10.2. The van der Waals surface area contributed by atoms with E-state index >= 15 is 0 Å². The molecule has 0 saturated heterocycles. The fourth-order valence-corrected chi connectivity index (χ4v) is 3.19. The first-order valence-electron chi connectivity index (χ1n) is 5.67. The van der Waals surface area contributed by atoms with Gasteiger partial charge >= 0.3 is 0 Å². The molecule has 0 bridgehead atoms. The maximum atomic E-state index is 12.2. The highest BCUT2D eigenvalue weighted by Crippen LogP contribution is 2.27. The minimum atomic E-state index is -3.80. The molecule has 4 N–H and O–H groups in total. The van der Waals surface area contributed by atoms with Crippen LogP contribution in [0.25, 0.3) is 0 Å². The molecule has 106 valence electrons. The van der Waals surface area contributed by atoms with Crippen LogP contribution in [0.1, 0.15) is 5.56 Å². The van der Waals surface area contributed by atoms with Crippen molar-refractivity contribution in [2.24, 2.45) is 0 Å². The van der Waals surface area contributed by atoms with Crippen molar-refractivity contribution in [3.05, 3.63) is 46.4 Å². The van der Waals surface area contributed by atoms with E-state index in [-0.39, 0.29) is 22.0 Å². The number of hydrogen-bond acceptors (Lipinski definition) is 4. The summed E-state index contributed by atoms with van der Waals surface area (Å²) in [6, 6.07) is 9.07. The fourth-order valence-electron chi connectivity index (χ4n) is 1.65. The Kier molecular flexibility index (Phi) is 3.92. The van der Waals surface area contributed by atoms with E-state index in [0.717, 1.165) is 0 Å². The molecule has 0 unspecified atom stereocenters. The predicted molar refractivity (Wildman–Crippen MR) is 82.2 cm³/mol. The zero-order chi connectivity index (χ0) is 14.9. The van der Waals surface area contributed by atoms with Gasteiger partial charge < -0.3 is 10.8 Å². The van der Waals surface area contributed by atoms with Crippen LogP contribution in [-0.2, 0) is 10.0 Å². The number of nitrogens with one attached hydrogen (secondary N) is 1. The van der Waals surface area contributed by atoms with Crippen molar-refractivity contribution in [1.29, 1.82) is 0 Å². The second-order valence-electron chi connectivity index (χ2n) is 4.29. The molecular weight excluding hydrogens is 344 g/mol. The second kappa shape index (κ2) is 5.34. The number of nitrogen functional groups attached to an aromatic ring is 1. The summed E-state index contributed by atoms with van der Waals surface area (Å²) in [5.74, 6) is 0.0222. The largest absolute Gasteiger partial charge is 0.508 e. The van der Waals surface area contributed by atoms with E-state index in [0.29, 0.717) is 10.0 Å². The molecule has 5 nitrogen and oxygen atoms in total. The SMILES string of the molecule is Cc1ccc(NS(=O)(=O)c2ccc(Br)cc2N)cc1O. The van der Waals surface area contributed by atoms with Crippen LogP contribution in [0.2, 0.25) is 0 Å². The molecule has 0 aliphatic heterocycles. The molecule has 0 atom stereocenters. The maximum Gasteiger partial charge on any atom is 0.263 e. The minimum absolute atomic E-state index is 0.0132. The number of aryl methyl sites for hydroxylation is 1. The zero-order valence-electron chi connectivity index (χ0n) is 10.6. The van der Waals surface area contributed by atoms with Gasteiger partial charge in [0.05, 0.1) is 11.4 Å². The molecule has 20 heavy (non-hydrogen) atoms. The standard InChI is InChI=1S/C13H13BrN2O3S/c1-8-2-4-10(7-12(8)17)16-20(18,19)13-5-3-9(14)6-11(13)15/h2-7,16-17H,15H2,1H3. The average Bonchev–Trinajstić information content (AvgIpc) is 2.33. The molecule has 2 rings (SSSR count). The molecule has 0 heterocycles. The summed E-state index contributed by atoms with van der Waals surface area (Å²) in [6.45, 7) is 1.72. The lowest BCUT2D eigenvalue weighted by Gasteiger charge is -2.11. The van der Waals surface area contributed by atoms with Crippen LogP contribution in [0.15, 0.2) is 45.8 Å². The topological polar surface area (TPSA) is 92.4 Å². The number of hydrogen-bond donors (Lipinski definition) is 3. The van der Waals surface area contributed by atoms with E-state index in [1.54, 1.807) is 25.1 Å². The van der Waals surface area contributed by atoms with Gasteiger partial charge in [0, 0.05) is 10.5 Å². The van der Waals surface area contributed by atoms with Gasteiger partial charge in [-0.25, -0.2) is 8.42 Å². The van der Waals surface area contributed by atoms with Gasteiger partial charge in [-0.2, -0.15) is 0 Å². The Balaban J connectivity index is 2.38. The summed E-state index contributed by atoms with van der Waals surface area (Å²) < 4.78 is 27.6. The fraction of sp³-hybridized carbons (Fsp3) is 0.0769. The van der Waals surface area contributed by atoms with Crippen molar-refractivity contribution in [2.75, 3.05) is 10.5 Å². The van der Waals surface area contributed by atoms with E-state index in [2.05, 4.69) is 20.7 Å². The smallest absolute Gasteiger partial charge is 0.263 e. The van der Waals surface area contributed by atoms with Crippen LogP contribution in [0.5, 0.6) is 5.75 Å². The molecule has 2 aromatic rings. The molecule has 0 radical (unpaired) electrons. The minimum Gasteiger partial charge on any atom is -0.508 e. The number of rotatable bonds is 3. The molecule has 0 saturated carbocycles. The second-order valence-corrected chi connectivity index (χ2v) is 6.86. The number of halogens is 1. The number of phenols is 1. The lowest BCUT2D eigenvalue weighted by Crippen LogP contribution is -2.14. The van der Waals surface area contributed by atoms with Crippen LogP contribution >= 0.6 is 15.9 Å². The number of anilines is 2. The highest BCUT2D eigenvalue weighted by atomic mass is 79.9. The molecular formula is C13H13BrN2O3S. The van der Waals surface area contributed by atoms with Gasteiger partial charge in [-0.05, 0) is 36.8 Å². The van der Waals surface area contributed by atoms with Gasteiger partial charge in [0.15, 0.2) is 0 Å². The summed E-state index contributed by atoms with van der Waals surface area (Å²) in [5.41, 5.74) is 6.80. The third-order valence-corrected chi connectivity index (χ3v) is 4.67. The van der Waals surface area contributed by atoms with Crippen molar-refractivity contribution < 1.29 is 13.5 Å². The van der Waals surface area contributed by atoms with Crippen LogP contribution in [0, 0.1) is 6.92 Å². The molecule has 0 aromatic heterocycles. The normalized spacial score (nSPS) is 11.3. The Hall–Kier alpha value is -1.73. The molecule has 0 fully saturated rings. The first-order chi connectivity index (χ1) is 9.29. The third-order valence-electron chi connectivity index (χ3n) is 2.72. The van der Waals surface area contributed by atoms with Gasteiger partial charge in [-0.3, -0.25) is 4.72 Å². The van der Waals surface area contributed by atoms with E-state index in [1.165, 1.54) is 18.2 Å². The highest BCUT2D eigenvalue weighted by molar-refractivity contribution is 9.10. The van der Waals surface area contributed by atoms with Gasteiger partial charge in [0.25, 0.3) is 10.0 Å². The molecule has 0 aliphatic carbocycles. The monoisotopic (exact) mass is 356 g/mol. The van der Waals surface area contributed by atoms with Crippen molar-refractivity contribution in [3.8, 4) is 5.75 Å². The van der Waals surface area contributed by atoms with E-state index in [9.17, 15) is 13.5 Å². The summed E-state index contributed by atoms with van der Waals surface area (Å²) in [6.07, 6.45) is 0. The van der Waals surface area contributed by atoms with Crippen LogP contribution in [0.4, 0.5) is 11.4 Å². The Labute approximate surface area is 125 Å². The van der Waals surface area contributed by atoms with E-state index < -0.39 is 10.0 Å². The third kappa shape index (κ3) is 3.05. The van der Waals surface area contributed by atoms with Crippen LogP contribution < -0.4 is 10.5 Å². The molecule has 2 aromatic carbocycles. The van der Waals surface area contributed by atoms with E-state index in [4.69, 9.17) is 5.73 Å². The molecule has 0 spiro atoms. The van der Waals surface area contributed by atoms with Crippen LogP contribution in [0.3, 0.4) is 0 Å². The summed E-state index contributed by atoms with van der Waals surface area (Å²) in [5, 5.41) is 9.59. The number of phenolic OH excluding ortho intramolecular Hbond substituents is 1. The number of sulfonamides is 1. The van der Waals surface area contributed by atoms with Crippen molar-refractivity contribution in [1.82, 2.24) is 0 Å². The summed E-state index contributed by atoms with van der Waals surface area (Å²) >= 11 is 3.22. The molecule has 0 aliphatic rings. The van der Waals surface area contributed by atoms with Gasteiger partial charge in [-0.1, -0.05) is 22.0 Å². The number of benzene rings is 2. The Morgan fingerprint density at radius 3 is 2.50 bits per heavy atom. The highest BCUT2D eigenvalue weighted by Gasteiger charge is 2.18. The quantitative estimate of drug-likeness (QED) is 0.737. The summed E-state index contributed by atoms with van der Waals surface area (Å²) in [7, 11) is -3.80. The van der Waals surface area contributed by atoms with Gasteiger partial charge in [-0.15, -0.1) is 0 Å². The molecule has 0 amide bonds.